The van der Waals surface area contributed by atoms with Gasteiger partial charge < -0.3 is 0 Å². The number of nitro benzene ring substituents is 1. The number of Topliss-reactive ketones (excluding diaryl/α,β-unsaturated/α-hetero) is 1. The second-order valence-corrected chi connectivity index (χ2v) is 6.65. The highest BCUT2D eigenvalue weighted by Gasteiger charge is 2.41. The van der Waals surface area contributed by atoms with Crippen molar-refractivity contribution in [1.29, 1.82) is 0 Å². The van der Waals surface area contributed by atoms with Gasteiger partial charge in [0.05, 0.1) is 10.2 Å². The van der Waals surface area contributed by atoms with Crippen LogP contribution in [0.25, 0.3) is 11.1 Å². The minimum Gasteiger partial charge on any atom is -0.297 e. The van der Waals surface area contributed by atoms with E-state index in [2.05, 4.69) is 0 Å². The Bertz CT molecular complexity index is 800. The van der Waals surface area contributed by atoms with E-state index < -0.39 is 10.8 Å². The van der Waals surface area contributed by atoms with Gasteiger partial charge in [-0.3, -0.25) is 19.7 Å². The Morgan fingerprint density at radius 2 is 1.70 bits per heavy atom. The Kier molecular flexibility index (Phi) is 4.00. The molecule has 23 heavy (non-hydrogen) atoms. The van der Waals surface area contributed by atoms with E-state index in [1.165, 1.54) is 12.1 Å². The van der Waals surface area contributed by atoms with Crippen molar-refractivity contribution in [3.63, 3.8) is 0 Å². The standard InChI is InChI=1S/C17H13NO4S/c1-10-16(19)15(17(20)23-10)14-5-3-2-4-13(14)11-6-8-12(9-7-11)18(21)22/h2-10,15H,1H3. The van der Waals surface area contributed by atoms with Crippen LogP contribution in [0.2, 0.25) is 0 Å². The van der Waals surface area contributed by atoms with Gasteiger partial charge in [0.25, 0.3) is 5.69 Å². The third-order valence-corrected chi connectivity index (χ3v) is 4.93. The molecule has 0 spiro atoms. The monoisotopic (exact) mass is 327 g/mol. The minimum absolute atomic E-state index is 0.00317. The summed E-state index contributed by atoms with van der Waals surface area (Å²) in [7, 11) is 0. The first-order valence-corrected chi connectivity index (χ1v) is 7.95. The number of hydrogen-bond acceptors (Lipinski definition) is 5. The van der Waals surface area contributed by atoms with Gasteiger partial charge in [-0.25, -0.2) is 0 Å². The molecule has 0 saturated carbocycles. The minimum atomic E-state index is -0.763. The van der Waals surface area contributed by atoms with E-state index in [0.29, 0.717) is 5.56 Å². The molecule has 0 N–H and O–H groups in total. The van der Waals surface area contributed by atoms with Gasteiger partial charge in [-0.1, -0.05) is 36.0 Å². The fourth-order valence-electron chi connectivity index (χ4n) is 2.71. The molecule has 116 valence electrons. The number of nitro groups is 1. The van der Waals surface area contributed by atoms with Crippen molar-refractivity contribution in [3.05, 3.63) is 64.2 Å². The van der Waals surface area contributed by atoms with Crippen molar-refractivity contribution < 1.29 is 14.5 Å². The number of carbonyl (C=O) groups is 2. The van der Waals surface area contributed by atoms with Crippen LogP contribution in [0.3, 0.4) is 0 Å². The molecule has 0 radical (unpaired) electrons. The maximum Gasteiger partial charge on any atom is 0.269 e. The number of hydrogen-bond donors (Lipinski definition) is 0. The first kappa shape index (κ1) is 15.4. The molecule has 2 aromatic rings. The molecule has 1 aliphatic heterocycles. The summed E-state index contributed by atoms with van der Waals surface area (Å²) in [5, 5.41) is 10.3. The summed E-state index contributed by atoms with van der Waals surface area (Å²) < 4.78 is 0. The lowest BCUT2D eigenvalue weighted by molar-refractivity contribution is -0.384. The zero-order valence-corrected chi connectivity index (χ0v) is 13.1. The molecule has 0 bridgehead atoms. The van der Waals surface area contributed by atoms with Crippen LogP contribution in [-0.2, 0) is 9.59 Å². The second kappa shape index (κ2) is 5.96. The number of rotatable bonds is 3. The molecule has 5 nitrogen and oxygen atoms in total. The number of non-ortho nitro benzene ring substituents is 1. The van der Waals surface area contributed by atoms with E-state index in [9.17, 15) is 19.7 Å². The Labute approximate surface area is 136 Å². The van der Waals surface area contributed by atoms with E-state index in [1.807, 2.05) is 12.1 Å². The highest BCUT2D eigenvalue weighted by molar-refractivity contribution is 8.15. The van der Waals surface area contributed by atoms with E-state index in [-0.39, 0.29) is 21.8 Å². The maximum atomic E-state index is 12.3. The predicted molar refractivity (Wildman–Crippen MR) is 88.3 cm³/mol. The van der Waals surface area contributed by atoms with Crippen LogP contribution in [-0.4, -0.2) is 21.1 Å². The Balaban J connectivity index is 2.06. The maximum absolute atomic E-state index is 12.3. The van der Waals surface area contributed by atoms with Crippen molar-refractivity contribution in [2.75, 3.05) is 0 Å². The third kappa shape index (κ3) is 2.77. The third-order valence-electron chi connectivity index (χ3n) is 3.87. The van der Waals surface area contributed by atoms with Gasteiger partial charge in [-0.2, -0.15) is 0 Å². The average Bonchev–Trinajstić information content (AvgIpc) is 2.80. The van der Waals surface area contributed by atoms with Gasteiger partial charge in [-0.15, -0.1) is 0 Å². The molecule has 6 heteroatoms. The van der Waals surface area contributed by atoms with Crippen LogP contribution in [0, 0.1) is 10.1 Å². The smallest absolute Gasteiger partial charge is 0.269 e. The van der Waals surface area contributed by atoms with Gasteiger partial charge >= 0.3 is 0 Å². The summed E-state index contributed by atoms with van der Waals surface area (Å²) in [6.07, 6.45) is 0. The Morgan fingerprint density at radius 3 is 2.26 bits per heavy atom. The highest BCUT2D eigenvalue weighted by Crippen LogP contribution is 2.40. The number of benzene rings is 2. The van der Waals surface area contributed by atoms with Gasteiger partial charge in [0.2, 0.25) is 5.12 Å². The SMILES string of the molecule is CC1SC(=O)C(c2ccccc2-c2ccc([N+](=O)[O-])cc2)C1=O. The Hall–Kier alpha value is -2.47. The van der Waals surface area contributed by atoms with E-state index in [4.69, 9.17) is 0 Å². The lowest BCUT2D eigenvalue weighted by Crippen LogP contribution is -2.17. The number of ketones is 1. The number of thioether (sulfide) groups is 1. The molecule has 1 heterocycles. The average molecular weight is 327 g/mol. The molecule has 3 rings (SSSR count). The molecule has 2 unspecified atom stereocenters. The Morgan fingerprint density at radius 1 is 1.04 bits per heavy atom. The summed E-state index contributed by atoms with van der Waals surface area (Å²) in [5.74, 6) is -0.851. The van der Waals surface area contributed by atoms with Crippen LogP contribution >= 0.6 is 11.8 Å². The summed E-state index contributed by atoms with van der Waals surface area (Å²) in [6.45, 7) is 1.74. The fourth-order valence-corrected chi connectivity index (χ4v) is 3.69. The second-order valence-electron chi connectivity index (χ2n) is 5.31. The van der Waals surface area contributed by atoms with E-state index >= 15 is 0 Å². The van der Waals surface area contributed by atoms with Crippen LogP contribution in [0.1, 0.15) is 18.4 Å². The zero-order valence-electron chi connectivity index (χ0n) is 12.3. The normalized spacial score (nSPS) is 20.7. The van der Waals surface area contributed by atoms with Gasteiger partial charge in [-0.05, 0) is 35.7 Å². The lowest BCUT2D eigenvalue weighted by atomic mass is 9.88. The summed E-state index contributed by atoms with van der Waals surface area (Å²) in [6, 6.07) is 13.3. The van der Waals surface area contributed by atoms with Crippen molar-refractivity contribution in [2.24, 2.45) is 0 Å². The molecular formula is C17H13NO4S. The molecule has 1 fully saturated rings. The topological polar surface area (TPSA) is 77.3 Å². The van der Waals surface area contributed by atoms with Crippen LogP contribution in [0.15, 0.2) is 48.5 Å². The van der Waals surface area contributed by atoms with Gasteiger partial charge in [0.15, 0.2) is 5.78 Å². The van der Waals surface area contributed by atoms with Crippen LogP contribution < -0.4 is 0 Å². The largest absolute Gasteiger partial charge is 0.297 e. The van der Waals surface area contributed by atoms with E-state index in [1.54, 1.807) is 31.2 Å². The van der Waals surface area contributed by atoms with Crippen LogP contribution in [0.4, 0.5) is 5.69 Å². The zero-order chi connectivity index (χ0) is 16.6. The van der Waals surface area contributed by atoms with Crippen molar-refractivity contribution in [1.82, 2.24) is 0 Å². The molecular weight excluding hydrogens is 314 g/mol. The molecule has 2 aromatic carbocycles. The quantitative estimate of drug-likeness (QED) is 0.489. The van der Waals surface area contributed by atoms with Crippen molar-refractivity contribution in [2.45, 2.75) is 18.1 Å². The molecule has 0 aliphatic carbocycles. The first-order chi connectivity index (χ1) is 11.0. The van der Waals surface area contributed by atoms with Crippen molar-refractivity contribution >= 4 is 28.3 Å². The number of nitrogens with zero attached hydrogens (tertiary/aromatic N) is 1. The summed E-state index contributed by atoms with van der Waals surface area (Å²) >= 11 is 1.06. The summed E-state index contributed by atoms with van der Waals surface area (Å²) in [4.78, 5) is 34.8. The molecule has 2 atom stereocenters. The van der Waals surface area contributed by atoms with E-state index in [0.717, 1.165) is 22.9 Å². The van der Waals surface area contributed by atoms with Crippen LogP contribution in [0.5, 0.6) is 0 Å². The first-order valence-electron chi connectivity index (χ1n) is 7.07. The fraction of sp³-hybridized carbons (Fsp3) is 0.176. The molecule has 0 amide bonds. The predicted octanol–water partition coefficient (Wildman–Crippen LogP) is 3.58. The van der Waals surface area contributed by atoms with Gasteiger partial charge in [0, 0.05) is 12.1 Å². The number of carbonyl (C=O) groups excluding carboxylic acids is 2. The molecule has 0 aromatic heterocycles. The summed E-state index contributed by atoms with van der Waals surface area (Å²) in [5.41, 5.74) is 2.16. The molecule has 1 saturated heterocycles. The van der Waals surface area contributed by atoms with Crippen molar-refractivity contribution in [3.8, 4) is 11.1 Å². The highest BCUT2D eigenvalue weighted by atomic mass is 32.2. The molecule has 1 aliphatic rings. The lowest BCUT2D eigenvalue weighted by Gasteiger charge is -2.13. The van der Waals surface area contributed by atoms with Gasteiger partial charge in [0.1, 0.15) is 5.92 Å².